The molecule has 3 aromatic heterocycles. The number of carbonyl (C=O) groups is 1. The quantitative estimate of drug-likeness (QED) is 0.597. The maximum Gasteiger partial charge on any atom is 0.410 e. The van der Waals surface area contributed by atoms with Crippen LogP contribution in [-0.2, 0) is 11.8 Å². The van der Waals surface area contributed by atoms with Gasteiger partial charge in [-0.1, -0.05) is 0 Å². The first-order valence-corrected chi connectivity index (χ1v) is 10.3. The lowest BCUT2D eigenvalue weighted by atomic mass is 9.88. The fraction of sp³-hybridized carbons (Fsp3) is 0.524. The van der Waals surface area contributed by atoms with Crippen LogP contribution in [-0.4, -0.2) is 66.3 Å². The summed E-state index contributed by atoms with van der Waals surface area (Å²) in [5.41, 5.74) is 1.68. The summed E-state index contributed by atoms with van der Waals surface area (Å²) in [5, 5.41) is 8.50. The number of hydrogen-bond donors (Lipinski definition) is 0. The van der Waals surface area contributed by atoms with Crippen molar-refractivity contribution in [1.82, 2.24) is 29.3 Å². The molecule has 1 fully saturated rings. The van der Waals surface area contributed by atoms with Crippen molar-refractivity contribution >= 4 is 11.6 Å². The van der Waals surface area contributed by atoms with Gasteiger partial charge in [0, 0.05) is 37.7 Å². The number of carbonyl (C=O) groups excluding carboxylic acids is 1. The molecule has 0 saturated heterocycles. The Bertz CT molecular complexity index is 1070. The smallest absolute Gasteiger partial charge is 0.410 e. The Kier molecular flexibility index (Phi) is 5.55. The summed E-state index contributed by atoms with van der Waals surface area (Å²) in [4.78, 5) is 18.6. The van der Waals surface area contributed by atoms with Crippen LogP contribution in [0.2, 0.25) is 0 Å². The lowest BCUT2D eigenvalue weighted by Gasteiger charge is -2.42. The zero-order chi connectivity index (χ0) is 22.2. The van der Waals surface area contributed by atoms with Crippen LogP contribution in [0.4, 0.5) is 9.18 Å². The van der Waals surface area contributed by atoms with E-state index in [2.05, 4.69) is 15.2 Å². The van der Waals surface area contributed by atoms with Gasteiger partial charge in [0.1, 0.15) is 23.9 Å². The first-order valence-electron chi connectivity index (χ1n) is 10.3. The summed E-state index contributed by atoms with van der Waals surface area (Å²) in [6.45, 7) is 4.77. The molecule has 1 saturated carbocycles. The molecular weight excluding hydrogens is 403 g/mol. The third kappa shape index (κ3) is 4.62. The Morgan fingerprint density at radius 1 is 1.29 bits per heavy atom. The first-order chi connectivity index (χ1) is 14.7. The van der Waals surface area contributed by atoms with Crippen molar-refractivity contribution in [3.05, 3.63) is 30.9 Å². The Morgan fingerprint density at radius 2 is 2.06 bits per heavy atom. The second-order valence-electron chi connectivity index (χ2n) is 8.72. The molecule has 1 aliphatic carbocycles. The van der Waals surface area contributed by atoms with Gasteiger partial charge in [0.2, 0.25) is 5.88 Å². The number of alkyl halides is 1. The predicted molar refractivity (Wildman–Crippen MR) is 112 cm³/mol. The summed E-state index contributed by atoms with van der Waals surface area (Å²) in [6, 6.07) is 1.71. The van der Waals surface area contributed by atoms with E-state index < -0.39 is 18.4 Å². The second kappa shape index (κ2) is 8.16. The summed E-state index contributed by atoms with van der Waals surface area (Å²) < 4.78 is 28.0. The number of ether oxygens (including phenoxy) is 2. The van der Waals surface area contributed by atoms with E-state index in [-0.39, 0.29) is 18.7 Å². The van der Waals surface area contributed by atoms with Gasteiger partial charge in [-0.3, -0.25) is 4.68 Å². The summed E-state index contributed by atoms with van der Waals surface area (Å²) in [6.07, 6.45) is 7.65. The molecule has 4 rings (SSSR count). The Balaban J connectivity index is 1.47. The highest BCUT2D eigenvalue weighted by Gasteiger charge is 2.39. The van der Waals surface area contributed by atoms with Gasteiger partial charge in [-0.05, 0) is 26.8 Å². The van der Waals surface area contributed by atoms with Crippen LogP contribution in [0.5, 0.6) is 5.88 Å². The number of amides is 1. The number of halogens is 1. The molecule has 0 atom stereocenters. The molecule has 0 unspecified atom stereocenters. The average Bonchev–Trinajstić information content (AvgIpc) is 3.30. The molecule has 3 heterocycles. The lowest BCUT2D eigenvalue weighted by molar-refractivity contribution is -0.0193. The topological polar surface area (TPSA) is 86.8 Å². The van der Waals surface area contributed by atoms with Crippen LogP contribution >= 0.6 is 0 Å². The minimum absolute atomic E-state index is 0.00785. The standard InChI is InChI=1S/C21H27FN6O3/c1-21(2,3)31-20(29)27(8-6-22)15-9-16(10-15)30-19-18-5-7-23-28(18)13-17(25-19)14-11-24-26(4)12-14/h5,7,11-13,15-16H,6,8-10H2,1-4H3/t15-,16-. The summed E-state index contributed by atoms with van der Waals surface area (Å²) in [7, 11) is 1.84. The zero-order valence-corrected chi connectivity index (χ0v) is 18.2. The minimum atomic E-state index is -0.629. The molecule has 0 radical (unpaired) electrons. The third-order valence-electron chi connectivity index (χ3n) is 5.10. The maximum atomic E-state index is 13.0. The van der Waals surface area contributed by atoms with Gasteiger partial charge in [0.15, 0.2) is 0 Å². The molecule has 0 aliphatic heterocycles. The van der Waals surface area contributed by atoms with Crippen molar-refractivity contribution in [2.75, 3.05) is 13.2 Å². The van der Waals surface area contributed by atoms with E-state index in [4.69, 9.17) is 9.47 Å². The zero-order valence-electron chi connectivity index (χ0n) is 18.2. The normalized spacial score (nSPS) is 18.6. The molecule has 166 valence electrons. The Hall–Kier alpha value is -3.17. The highest BCUT2D eigenvalue weighted by Crippen LogP contribution is 2.32. The van der Waals surface area contributed by atoms with Crippen LogP contribution in [0.15, 0.2) is 30.9 Å². The fourth-order valence-corrected chi connectivity index (χ4v) is 3.56. The van der Waals surface area contributed by atoms with Crippen LogP contribution in [0.25, 0.3) is 16.8 Å². The van der Waals surface area contributed by atoms with Crippen LogP contribution < -0.4 is 4.74 Å². The Morgan fingerprint density at radius 3 is 2.71 bits per heavy atom. The average molecular weight is 430 g/mol. The molecule has 10 heteroatoms. The molecule has 1 aliphatic rings. The van der Waals surface area contributed by atoms with Gasteiger partial charge in [-0.25, -0.2) is 18.7 Å². The largest absolute Gasteiger partial charge is 0.473 e. The van der Waals surface area contributed by atoms with E-state index in [1.807, 2.05) is 25.5 Å². The number of rotatable bonds is 6. The van der Waals surface area contributed by atoms with Crippen molar-refractivity contribution in [3.8, 4) is 17.1 Å². The fourth-order valence-electron chi connectivity index (χ4n) is 3.56. The lowest BCUT2D eigenvalue weighted by Crippen LogP contribution is -2.53. The molecule has 0 bridgehead atoms. The molecule has 0 N–H and O–H groups in total. The maximum absolute atomic E-state index is 13.0. The molecule has 9 nitrogen and oxygen atoms in total. The van der Waals surface area contributed by atoms with Crippen LogP contribution in [0.1, 0.15) is 33.6 Å². The number of hydrogen-bond acceptors (Lipinski definition) is 6. The number of aromatic nitrogens is 5. The van der Waals surface area contributed by atoms with E-state index >= 15 is 0 Å². The molecule has 1 amide bonds. The number of aryl methyl sites for hydroxylation is 1. The number of nitrogens with zero attached hydrogens (tertiary/aromatic N) is 6. The SMILES string of the molecule is Cn1cc(-c2cn3nccc3c(O[C@H]3C[C@H](N(CCF)C(=O)OC(C)(C)C)C3)n2)cn1. The molecule has 31 heavy (non-hydrogen) atoms. The second-order valence-corrected chi connectivity index (χ2v) is 8.72. The first kappa shape index (κ1) is 21.1. The van der Waals surface area contributed by atoms with E-state index in [9.17, 15) is 9.18 Å². The van der Waals surface area contributed by atoms with Crippen molar-refractivity contribution in [1.29, 1.82) is 0 Å². The van der Waals surface area contributed by atoms with Gasteiger partial charge in [-0.15, -0.1) is 0 Å². The molecular formula is C21H27FN6O3. The van der Waals surface area contributed by atoms with Gasteiger partial charge in [0.05, 0.1) is 30.8 Å². The monoisotopic (exact) mass is 430 g/mol. The van der Waals surface area contributed by atoms with Gasteiger partial charge in [0.25, 0.3) is 0 Å². The van der Waals surface area contributed by atoms with Gasteiger partial charge < -0.3 is 14.4 Å². The van der Waals surface area contributed by atoms with Crippen molar-refractivity contribution < 1.29 is 18.7 Å². The highest BCUT2D eigenvalue weighted by atomic mass is 19.1. The van der Waals surface area contributed by atoms with Gasteiger partial charge >= 0.3 is 6.09 Å². The van der Waals surface area contributed by atoms with Gasteiger partial charge in [-0.2, -0.15) is 10.2 Å². The van der Waals surface area contributed by atoms with Crippen molar-refractivity contribution in [3.63, 3.8) is 0 Å². The van der Waals surface area contributed by atoms with Crippen molar-refractivity contribution in [2.45, 2.75) is 51.4 Å². The van der Waals surface area contributed by atoms with E-state index in [1.165, 1.54) is 4.90 Å². The van der Waals surface area contributed by atoms with E-state index in [0.29, 0.717) is 24.4 Å². The molecule has 3 aromatic rings. The third-order valence-corrected chi connectivity index (χ3v) is 5.10. The number of fused-ring (bicyclic) bond motifs is 1. The minimum Gasteiger partial charge on any atom is -0.473 e. The van der Waals surface area contributed by atoms with Crippen LogP contribution in [0.3, 0.4) is 0 Å². The highest BCUT2D eigenvalue weighted by molar-refractivity contribution is 5.69. The van der Waals surface area contributed by atoms with Crippen molar-refractivity contribution in [2.24, 2.45) is 7.05 Å². The molecule has 0 aromatic carbocycles. The summed E-state index contributed by atoms with van der Waals surface area (Å²) in [5.74, 6) is 0.469. The van der Waals surface area contributed by atoms with Crippen LogP contribution in [0, 0.1) is 0 Å². The Labute approximate surface area is 179 Å². The van der Waals surface area contributed by atoms with E-state index in [1.54, 1.807) is 42.4 Å². The predicted octanol–water partition coefficient (Wildman–Crippen LogP) is 3.25. The van der Waals surface area contributed by atoms with E-state index in [0.717, 1.165) is 11.1 Å². The summed E-state index contributed by atoms with van der Waals surface area (Å²) >= 11 is 0. The molecule has 0 spiro atoms.